The van der Waals surface area contributed by atoms with Crippen LogP contribution in [0.5, 0.6) is 0 Å². The number of hydrogen-bond acceptors (Lipinski definition) is 4. The predicted molar refractivity (Wildman–Crippen MR) is 47.7 cm³/mol. The molecule has 1 aliphatic carbocycles. The number of esters is 1. The van der Waals surface area contributed by atoms with E-state index in [1.54, 1.807) is 6.07 Å². The maximum Gasteiger partial charge on any atom is 0.373 e. The molecule has 76 valence electrons. The molecule has 0 aromatic carbocycles. The number of methoxy groups -OCH3 is 1. The monoisotopic (exact) mass is 196 g/mol. The molecule has 2 rings (SSSR count). The predicted octanol–water partition coefficient (Wildman–Crippen LogP) is 1.51. The van der Waals surface area contributed by atoms with E-state index in [2.05, 4.69) is 4.74 Å². The minimum atomic E-state index is -0.576. The molecule has 1 aromatic heterocycles. The van der Waals surface area contributed by atoms with E-state index in [0.717, 1.165) is 12.8 Å². The van der Waals surface area contributed by atoms with Gasteiger partial charge in [-0.05, 0) is 30.9 Å². The van der Waals surface area contributed by atoms with Crippen LogP contribution in [0.2, 0.25) is 0 Å². The summed E-state index contributed by atoms with van der Waals surface area (Å²) in [6.07, 6.45) is 1.47. The van der Waals surface area contributed by atoms with Crippen LogP contribution in [0.4, 0.5) is 0 Å². The molecule has 1 fully saturated rings. The molecule has 0 bridgehead atoms. The van der Waals surface area contributed by atoms with E-state index in [1.165, 1.54) is 13.2 Å². The van der Waals surface area contributed by atoms with Gasteiger partial charge in [0.25, 0.3) is 0 Å². The lowest BCUT2D eigenvalue weighted by Gasteiger charge is -2.03. The number of carbonyl (C=O) groups is 1. The Morgan fingerprint density at radius 3 is 2.93 bits per heavy atom. The molecule has 4 heteroatoms. The average molecular weight is 196 g/mol. The highest BCUT2D eigenvalue weighted by atomic mass is 16.5. The third-order valence-corrected chi connectivity index (χ3v) is 2.37. The Hall–Kier alpha value is -1.29. The molecule has 0 aliphatic heterocycles. The van der Waals surface area contributed by atoms with Gasteiger partial charge in [-0.2, -0.15) is 0 Å². The van der Waals surface area contributed by atoms with Crippen molar-refractivity contribution in [3.05, 3.63) is 23.7 Å². The summed E-state index contributed by atoms with van der Waals surface area (Å²) >= 11 is 0. The van der Waals surface area contributed by atoms with Crippen molar-refractivity contribution >= 4 is 5.97 Å². The molecular formula is C10H12O4. The number of hydrogen-bond donors (Lipinski definition) is 1. The zero-order valence-electron chi connectivity index (χ0n) is 7.90. The summed E-state index contributed by atoms with van der Waals surface area (Å²) in [5.41, 5.74) is 0. The van der Waals surface area contributed by atoms with Crippen molar-refractivity contribution in [1.82, 2.24) is 0 Å². The van der Waals surface area contributed by atoms with Crippen molar-refractivity contribution in [2.45, 2.75) is 18.9 Å². The van der Waals surface area contributed by atoms with Crippen LogP contribution in [0.15, 0.2) is 16.5 Å². The first-order valence-electron chi connectivity index (χ1n) is 4.58. The Balaban J connectivity index is 2.12. The molecule has 1 saturated carbocycles. The van der Waals surface area contributed by atoms with Crippen LogP contribution in [-0.2, 0) is 4.74 Å². The minimum Gasteiger partial charge on any atom is -0.463 e. The Morgan fingerprint density at radius 2 is 2.36 bits per heavy atom. The van der Waals surface area contributed by atoms with E-state index in [4.69, 9.17) is 4.42 Å². The van der Waals surface area contributed by atoms with Gasteiger partial charge >= 0.3 is 5.97 Å². The summed E-state index contributed by atoms with van der Waals surface area (Å²) in [5.74, 6) is 0.376. The van der Waals surface area contributed by atoms with Gasteiger partial charge in [-0.15, -0.1) is 0 Å². The molecular weight excluding hydrogens is 184 g/mol. The Morgan fingerprint density at radius 1 is 1.64 bits per heavy atom. The lowest BCUT2D eigenvalue weighted by Crippen LogP contribution is -2.00. The second kappa shape index (κ2) is 3.46. The summed E-state index contributed by atoms with van der Waals surface area (Å²) in [7, 11) is 1.29. The van der Waals surface area contributed by atoms with Gasteiger partial charge < -0.3 is 14.3 Å². The summed E-state index contributed by atoms with van der Waals surface area (Å²) in [5, 5.41) is 9.68. The van der Waals surface area contributed by atoms with E-state index in [-0.39, 0.29) is 5.76 Å². The highest BCUT2D eigenvalue weighted by Crippen LogP contribution is 2.41. The van der Waals surface area contributed by atoms with E-state index < -0.39 is 12.1 Å². The first kappa shape index (κ1) is 9.27. The molecule has 1 N–H and O–H groups in total. The van der Waals surface area contributed by atoms with E-state index in [9.17, 15) is 9.90 Å². The molecule has 0 saturated heterocycles. The number of aliphatic hydroxyl groups is 1. The zero-order valence-corrected chi connectivity index (χ0v) is 7.90. The largest absolute Gasteiger partial charge is 0.463 e. The van der Waals surface area contributed by atoms with Crippen LogP contribution >= 0.6 is 0 Å². The van der Waals surface area contributed by atoms with E-state index in [0.29, 0.717) is 11.7 Å². The number of rotatable bonds is 3. The van der Waals surface area contributed by atoms with Gasteiger partial charge in [-0.25, -0.2) is 4.79 Å². The lowest BCUT2D eigenvalue weighted by molar-refractivity contribution is 0.0551. The van der Waals surface area contributed by atoms with Gasteiger partial charge in [0.2, 0.25) is 5.76 Å². The van der Waals surface area contributed by atoms with Crippen LogP contribution in [0.3, 0.4) is 0 Å². The third-order valence-electron chi connectivity index (χ3n) is 2.37. The Labute approximate surface area is 81.5 Å². The molecule has 1 heterocycles. The van der Waals surface area contributed by atoms with Crippen molar-refractivity contribution in [3.63, 3.8) is 0 Å². The summed E-state index contributed by atoms with van der Waals surface area (Å²) in [6, 6.07) is 3.14. The summed E-state index contributed by atoms with van der Waals surface area (Å²) in [6.45, 7) is 0. The first-order valence-corrected chi connectivity index (χ1v) is 4.58. The van der Waals surface area contributed by atoms with Gasteiger partial charge in [0.15, 0.2) is 0 Å². The minimum absolute atomic E-state index is 0.141. The number of carbonyl (C=O) groups excluding carboxylic acids is 1. The van der Waals surface area contributed by atoms with Crippen LogP contribution in [0.25, 0.3) is 0 Å². The van der Waals surface area contributed by atoms with E-state index in [1.807, 2.05) is 0 Å². The molecule has 14 heavy (non-hydrogen) atoms. The van der Waals surface area contributed by atoms with E-state index >= 15 is 0 Å². The summed E-state index contributed by atoms with van der Waals surface area (Å²) in [4.78, 5) is 11.0. The molecule has 4 nitrogen and oxygen atoms in total. The topological polar surface area (TPSA) is 59.7 Å². The molecule has 0 amide bonds. The van der Waals surface area contributed by atoms with Gasteiger partial charge in [-0.1, -0.05) is 0 Å². The van der Waals surface area contributed by atoms with Crippen molar-refractivity contribution in [2.75, 3.05) is 7.11 Å². The number of aliphatic hydroxyl groups excluding tert-OH is 1. The molecule has 0 radical (unpaired) electrons. The second-order valence-electron chi connectivity index (χ2n) is 3.48. The van der Waals surface area contributed by atoms with Gasteiger partial charge in [0, 0.05) is 0 Å². The normalized spacial score (nSPS) is 17.9. The molecule has 0 spiro atoms. The highest BCUT2D eigenvalue weighted by molar-refractivity contribution is 5.86. The quantitative estimate of drug-likeness (QED) is 0.744. The third kappa shape index (κ3) is 1.65. The molecule has 1 unspecified atom stereocenters. The molecule has 1 aliphatic rings. The fourth-order valence-corrected chi connectivity index (χ4v) is 1.37. The molecule has 1 atom stereocenters. The van der Waals surface area contributed by atoms with Crippen LogP contribution in [-0.4, -0.2) is 18.2 Å². The Bertz CT molecular complexity index is 338. The van der Waals surface area contributed by atoms with Gasteiger partial charge in [-0.3, -0.25) is 0 Å². The maximum absolute atomic E-state index is 11.0. The number of ether oxygens (including phenoxy) is 1. The average Bonchev–Trinajstić information content (AvgIpc) is 2.93. The summed E-state index contributed by atoms with van der Waals surface area (Å²) < 4.78 is 9.67. The first-order chi connectivity index (χ1) is 6.72. The zero-order chi connectivity index (χ0) is 10.1. The van der Waals surface area contributed by atoms with Crippen molar-refractivity contribution in [1.29, 1.82) is 0 Å². The van der Waals surface area contributed by atoms with Crippen LogP contribution < -0.4 is 0 Å². The molecule has 1 aromatic rings. The van der Waals surface area contributed by atoms with Crippen LogP contribution in [0, 0.1) is 5.92 Å². The Kier molecular flexibility index (Phi) is 2.29. The number of furan rings is 1. The second-order valence-corrected chi connectivity index (χ2v) is 3.48. The standard InChI is InChI=1S/C10H12O4/c1-13-10(12)8-5-4-7(14-8)9(11)6-2-3-6/h4-6,9,11H,2-3H2,1H3. The van der Waals surface area contributed by atoms with Crippen LogP contribution in [0.1, 0.15) is 35.3 Å². The maximum atomic E-state index is 11.0. The fraction of sp³-hybridized carbons (Fsp3) is 0.500. The lowest BCUT2D eigenvalue weighted by atomic mass is 10.2. The van der Waals surface area contributed by atoms with Crippen molar-refractivity contribution < 1.29 is 19.1 Å². The van der Waals surface area contributed by atoms with Crippen molar-refractivity contribution in [3.8, 4) is 0 Å². The fourth-order valence-electron chi connectivity index (χ4n) is 1.37. The smallest absolute Gasteiger partial charge is 0.373 e. The highest BCUT2D eigenvalue weighted by Gasteiger charge is 2.33. The SMILES string of the molecule is COC(=O)c1ccc(C(O)C2CC2)o1. The van der Waals surface area contributed by atoms with Crippen molar-refractivity contribution in [2.24, 2.45) is 5.92 Å². The van der Waals surface area contributed by atoms with Gasteiger partial charge in [0.05, 0.1) is 7.11 Å². The van der Waals surface area contributed by atoms with Gasteiger partial charge in [0.1, 0.15) is 11.9 Å².